The van der Waals surface area contributed by atoms with Crippen molar-refractivity contribution in [3.8, 4) is 0 Å². The number of hydrogen-bond acceptors (Lipinski definition) is 7. The zero-order valence-corrected chi connectivity index (χ0v) is 17.1. The van der Waals surface area contributed by atoms with Gasteiger partial charge >= 0.3 is 5.63 Å². The van der Waals surface area contributed by atoms with E-state index >= 15 is 0 Å². The van der Waals surface area contributed by atoms with E-state index in [1.165, 1.54) is 6.08 Å². The second kappa shape index (κ2) is 6.98. The molecule has 2 aromatic heterocycles. The molecule has 0 bridgehead atoms. The van der Waals surface area contributed by atoms with Crippen molar-refractivity contribution in [3.63, 3.8) is 0 Å². The quantitative estimate of drug-likeness (QED) is 0.790. The summed E-state index contributed by atoms with van der Waals surface area (Å²) >= 11 is 0. The van der Waals surface area contributed by atoms with E-state index in [0.717, 1.165) is 29.9 Å². The van der Waals surface area contributed by atoms with Crippen LogP contribution < -0.4 is 21.2 Å². The lowest BCUT2D eigenvalue weighted by Gasteiger charge is -2.36. The zero-order chi connectivity index (χ0) is 21.0. The van der Waals surface area contributed by atoms with Gasteiger partial charge < -0.3 is 24.9 Å². The molecule has 1 saturated heterocycles. The number of nitrogens with zero attached hydrogens (tertiary/aromatic N) is 3. The van der Waals surface area contributed by atoms with E-state index < -0.39 is 11.8 Å². The number of halogens is 1. The third kappa shape index (κ3) is 3.27. The van der Waals surface area contributed by atoms with Crippen molar-refractivity contribution in [2.45, 2.75) is 39.0 Å². The van der Waals surface area contributed by atoms with Crippen LogP contribution in [0.4, 0.5) is 10.2 Å². The SMILES string of the molecule is CC1=CN2C=C(c3cc4ccc(N5C[C@@H](C)N[C@@H](C)C5)nc4oc3=O)NC2C(F)=C1. The molecule has 2 aromatic rings. The fraction of sp³-hybridized carbons (Fsp3) is 0.364. The second-order valence-electron chi connectivity index (χ2n) is 8.32. The van der Waals surface area contributed by atoms with Crippen molar-refractivity contribution < 1.29 is 8.81 Å². The predicted octanol–water partition coefficient (Wildman–Crippen LogP) is 2.68. The van der Waals surface area contributed by atoms with Gasteiger partial charge in [0.15, 0.2) is 6.17 Å². The Balaban J connectivity index is 1.48. The molecule has 3 aliphatic rings. The first kappa shape index (κ1) is 18.9. The van der Waals surface area contributed by atoms with Crippen molar-refractivity contribution in [1.82, 2.24) is 20.5 Å². The first-order chi connectivity index (χ1) is 14.4. The van der Waals surface area contributed by atoms with Gasteiger partial charge in [-0.1, -0.05) is 0 Å². The van der Waals surface area contributed by atoms with Gasteiger partial charge in [0.25, 0.3) is 0 Å². The van der Waals surface area contributed by atoms with Gasteiger partial charge in [0.2, 0.25) is 5.71 Å². The molecule has 2 N–H and O–H groups in total. The molecule has 1 unspecified atom stereocenters. The fourth-order valence-corrected chi connectivity index (χ4v) is 4.39. The van der Waals surface area contributed by atoms with Gasteiger partial charge in [-0.05, 0) is 50.6 Å². The van der Waals surface area contributed by atoms with Crippen LogP contribution >= 0.6 is 0 Å². The van der Waals surface area contributed by atoms with E-state index in [0.29, 0.717) is 29.1 Å². The van der Waals surface area contributed by atoms with E-state index in [4.69, 9.17) is 4.42 Å². The van der Waals surface area contributed by atoms with Crippen LogP contribution in [0.2, 0.25) is 0 Å². The Morgan fingerprint density at radius 1 is 1.20 bits per heavy atom. The van der Waals surface area contributed by atoms with Crippen molar-refractivity contribution >= 4 is 22.6 Å². The summed E-state index contributed by atoms with van der Waals surface area (Å²) in [6.07, 6.45) is 4.41. The average molecular weight is 409 g/mol. The number of anilines is 1. The highest BCUT2D eigenvalue weighted by Gasteiger charge is 2.31. The minimum Gasteiger partial charge on any atom is -0.403 e. The van der Waals surface area contributed by atoms with E-state index in [1.54, 1.807) is 17.2 Å². The minimum absolute atomic E-state index is 0.294. The number of pyridine rings is 1. The van der Waals surface area contributed by atoms with E-state index in [2.05, 4.69) is 34.4 Å². The highest BCUT2D eigenvalue weighted by atomic mass is 19.1. The normalized spacial score (nSPS) is 26.1. The lowest BCUT2D eigenvalue weighted by atomic mass is 10.1. The molecule has 5 heterocycles. The lowest BCUT2D eigenvalue weighted by molar-refractivity contribution is 0.344. The maximum atomic E-state index is 14.3. The molecule has 0 amide bonds. The summed E-state index contributed by atoms with van der Waals surface area (Å²) in [4.78, 5) is 21.2. The number of piperazine rings is 1. The maximum Gasteiger partial charge on any atom is 0.347 e. The van der Waals surface area contributed by atoms with Crippen LogP contribution in [0.1, 0.15) is 26.3 Å². The van der Waals surface area contributed by atoms with Crippen LogP contribution in [0, 0.1) is 0 Å². The third-order valence-electron chi connectivity index (χ3n) is 5.60. The number of allylic oxidation sites excluding steroid dienone is 2. The van der Waals surface area contributed by atoms with Gasteiger partial charge in [-0.2, -0.15) is 4.98 Å². The van der Waals surface area contributed by atoms with Gasteiger partial charge in [0.1, 0.15) is 11.6 Å². The molecule has 0 saturated carbocycles. The van der Waals surface area contributed by atoms with Crippen LogP contribution in [-0.2, 0) is 0 Å². The minimum atomic E-state index is -0.629. The molecule has 0 spiro atoms. The number of nitrogens with one attached hydrogen (secondary N) is 2. The first-order valence-corrected chi connectivity index (χ1v) is 10.1. The summed E-state index contributed by atoms with van der Waals surface area (Å²) in [5.74, 6) is 0.499. The Bertz CT molecular complexity index is 1160. The van der Waals surface area contributed by atoms with Crippen molar-refractivity contribution in [3.05, 3.63) is 64.1 Å². The second-order valence-corrected chi connectivity index (χ2v) is 8.32. The summed E-state index contributed by atoms with van der Waals surface area (Å²) in [5.41, 5.74) is 1.49. The first-order valence-electron chi connectivity index (χ1n) is 10.1. The molecule has 1 fully saturated rings. The summed E-state index contributed by atoms with van der Waals surface area (Å²) in [6, 6.07) is 6.31. The largest absolute Gasteiger partial charge is 0.403 e. The smallest absolute Gasteiger partial charge is 0.347 e. The van der Waals surface area contributed by atoms with E-state index in [9.17, 15) is 9.18 Å². The summed E-state index contributed by atoms with van der Waals surface area (Å²) in [7, 11) is 0. The van der Waals surface area contributed by atoms with Crippen LogP contribution in [0.5, 0.6) is 0 Å². The van der Waals surface area contributed by atoms with Crippen molar-refractivity contribution in [2.75, 3.05) is 18.0 Å². The van der Waals surface area contributed by atoms with Gasteiger partial charge in [-0.15, -0.1) is 0 Å². The van der Waals surface area contributed by atoms with Crippen molar-refractivity contribution in [1.29, 1.82) is 0 Å². The summed E-state index contributed by atoms with van der Waals surface area (Å²) < 4.78 is 19.8. The van der Waals surface area contributed by atoms with Gasteiger partial charge in [0, 0.05) is 43.0 Å². The maximum absolute atomic E-state index is 14.3. The van der Waals surface area contributed by atoms with Crippen LogP contribution in [-0.4, -0.2) is 41.2 Å². The van der Waals surface area contributed by atoms with Gasteiger partial charge in [0.05, 0.1) is 11.3 Å². The molecule has 3 atom stereocenters. The Kier molecular flexibility index (Phi) is 4.39. The third-order valence-corrected chi connectivity index (χ3v) is 5.60. The molecule has 7 nitrogen and oxygen atoms in total. The van der Waals surface area contributed by atoms with Gasteiger partial charge in [-0.3, -0.25) is 0 Å². The monoisotopic (exact) mass is 409 g/mol. The molecule has 30 heavy (non-hydrogen) atoms. The summed E-state index contributed by atoms with van der Waals surface area (Å²) in [5, 5.41) is 7.28. The zero-order valence-electron chi connectivity index (χ0n) is 17.1. The average Bonchev–Trinajstić information content (AvgIpc) is 3.10. The van der Waals surface area contributed by atoms with Crippen molar-refractivity contribution in [2.24, 2.45) is 0 Å². The summed E-state index contributed by atoms with van der Waals surface area (Å²) in [6.45, 7) is 7.78. The Morgan fingerprint density at radius 2 is 1.97 bits per heavy atom. The van der Waals surface area contributed by atoms with Gasteiger partial charge in [-0.25, -0.2) is 9.18 Å². The molecule has 3 aliphatic heterocycles. The fourth-order valence-electron chi connectivity index (χ4n) is 4.39. The molecule has 0 aromatic carbocycles. The Hall–Kier alpha value is -3.13. The Morgan fingerprint density at radius 3 is 2.73 bits per heavy atom. The van der Waals surface area contributed by atoms with Crippen LogP contribution in [0.15, 0.2) is 57.3 Å². The van der Waals surface area contributed by atoms with Crippen LogP contribution in [0.25, 0.3) is 16.8 Å². The Labute approximate surface area is 173 Å². The van der Waals surface area contributed by atoms with E-state index in [1.807, 2.05) is 25.3 Å². The standard InChI is InChI=1S/C22H24FN5O2/c1-12-6-17(23)20-25-18(11-28(20)8-12)16-7-15-4-5-19(26-21(15)30-22(16)29)27-9-13(2)24-14(3)10-27/h4-8,11,13-14,20,24-25H,9-10H2,1-3H3/t13-,14+,20?. The molecule has 0 radical (unpaired) electrons. The molecular formula is C22H24FN5O2. The van der Waals surface area contributed by atoms with Crippen LogP contribution in [0.3, 0.4) is 0 Å². The number of hydrogen-bond donors (Lipinski definition) is 2. The highest BCUT2D eigenvalue weighted by Crippen LogP contribution is 2.29. The number of fused-ring (bicyclic) bond motifs is 2. The highest BCUT2D eigenvalue weighted by molar-refractivity contribution is 5.80. The topological polar surface area (TPSA) is 73.6 Å². The van der Waals surface area contributed by atoms with E-state index in [-0.39, 0.29) is 5.83 Å². The number of aromatic nitrogens is 1. The lowest BCUT2D eigenvalue weighted by Crippen LogP contribution is -2.54. The number of rotatable bonds is 2. The molecular weight excluding hydrogens is 385 g/mol. The predicted molar refractivity (Wildman–Crippen MR) is 114 cm³/mol. The molecule has 0 aliphatic carbocycles. The molecule has 8 heteroatoms. The molecule has 156 valence electrons. The molecule has 5 rings (SSSR count).